The quantitative estimate of drug-likeness (QED) is 0.524. The Balaban J connectivity index is 1.78. The Morgan fingerprint density at radius 2 is 2.03 bits per heavy atom. The maximum Gasteiger partial charge on any atom is 0.256 e. The molecule has 1 aromatic carbocycles. The van der Waals surface area contributed by atoms with Crippen LogP contribution in [0.1, 0.15) is 23.0 Å². The molecule has 4 rings (SSSR count). The third kappa shape index (κ3) is 3.75. The van der Waals surface area contributed by atoms with Crippen molar-refractivity contribution in [1.29, 1.82) is 0 Å². The van der Waals surface area contributed by atoms with E-state index in [4.69, 9.17) is 4.42 Å². The number of hydrogen-bond donors (Lipinski definition) is 2. The first kappa shape index (κ1) is 19.2. The van der Waals surface area contributed by atoms with E-state index in [0.717, 1.165) is 18.2 Å². The largest absolute Gasteiger partial charge is 0.463 e. The lowest BCUT2D eigenvalue weighted by Gasteiger charge is -2.09. The molecule has 2 N–H and O–H groups in total. The molecule has 3 aromatic heterocycles. The molecular formula is C20H15F2N5O3. The number of H-pyrrole nitrogens is 1. The lowest BCUT2D eigenvalue weighted by Crippen LogP contribution is -2.19. The van der Waals surface area contributed by atoms with Crippen LogP contribution in [0.2, 0.25) is 0 Å². The SMILES string of the molecule is CCc1cc(=O)[nH]c(-n2nc(-c3ccco3)cc2NC(=O)c2ccc(F)c(F)c2)n1. The van der Waals surface area contributed by atoms with Crippen molar-refractivity contribution in [2.24, 2.45) is 0 Å². The number of aromatic nitrogens is 4. The van der Waals surface area contributed by atoms with E-state index in [1.807, 2.05) is 6.92 Å². The highest BCUT2D eigenvalue weighted by Crippen LogP contribution is 2.24. The first-order chi connectivity index (χ1) is 14.4. The normalized spacial score (nSPS) is 10.9. The van der Waals surface area contributed by atoms with Gasteiger partial charge in [0.15, 0.2) is 17.4 Å². The van der Waals surface area contributed by atoms with E-state index < -0.39 is 17.5 Å². The van der Waals surface area contributed by atoms with E-state index in [2.05, 4.69) is 20.4 Å². The van der Waals surface area contributed by atoms with Crippen molar-refractivity contribution >= 4 is 11.7 Å². The summed E-state index contributed by atoms with van der Waals surface area (Å²) in [7, 11) is 0. The van der Waals surface area contributed by atoms with Crippen molar-refractivity contribution in [2.75, 3.05) is 5.32 Å². The summed E-state index contributed by atoms with van der Waals surface area (Å²) in [4.78, 5) is 31.5. The lowest BCUT2D eigenvalue weighted by atomic mass is 10.2. The van der Waals surface area contributed by atoms with Gasteiger partial charge in [-0.2, -0.15) is 9.78 Å². The summed E-state index contributed by atoms with van der Waals surface area (Å²) >= 11 is 0. The molecule has 0 aliphatic rings. The molecule has 0 fully saturated rings. The Morgan fingerprint density at radius 3 is 2.73 bits per heavy atom. The molecule has 30 heavy (non-hydrogen) atoms. The van der Waals surface area contributed by atoms with Crippen LogP contribution in [0.25, 0.3) is 17.4 Å². The summed E-state index contributed by atoms with van der Waals surface area (Å²) in [5, 5.41) is 6.94. The number of halogens is 2. The Bertz CT molecular complexity index is 1280. The van der Waals surface area contributed by atoms with Crippen LogP contribution < -0.4 is 10.9 Å². The number of carbonyl (C=O) groups is 1. The fraction of sp³-hybridized carbons (Fsp3) is 0.100. The topological polar surface area (TPSA) is 106 Å². The number of aromatic amines is 1. The molecule has 0 saturated heterocycles. The lowest BCUT2D eigenvalue weighted by molar-refractivity contribution is 0.102. The third-order valence-electron chi connectivity index (χ3n) is 4.25. The number of aryl methyl sites for hydroxylation is 1. The summed E-state index contributed by atoms with van der Waals surface area (Å²) in [6.07, 6.45) is 1.98. The number of hydrogen-bond acceptors (Lipinski definition) is 5. The van der Waals surface area contributed by atoms with E-state index >= 15 is 0 Å². The minimum atomic E-state index is -1.14. The molecule has 0 spiro atoms. The van der Waals surface area contributed by atoms with Gasteiger partial charge >= 0.3 is 0 Å². The van der Waals surface area contributed by atoms with Crippen molar-refractivity contribution < 1.29 is 18.0 Å². The van der Waals surface area contributed by atoms with E-state index in [1.54, 1.807) is 12.1 Å². The predicted octanol–water partition coefficient (Wildman–Crippen LogP) is 3.31. The van der Waals surface area contributed by atoms with Crippen LogP contribution in [0, 0.1) is 11.6 Å². The number of carbonyl (C=O) groups excluding carboxylic acids is 1. The number of nitrogens with one attached hydrogen (secondary N) is 2. The smallest absolute Gasteiger partial charge is 0.256 e. The molecule has 0 atom stereocenters. The van der Waals surface area contributed by atoms with Crippen LogP contribution >= 0.6 is 0 Å². The van der Waals surface area contributed by atoms with E-state index in [9.17, 15) is 18.4 Å². The fourth-order valence-corrected chi connectivity index (χ4v) is 2.78. The van der Waals surface area contributed by atoms with Crippen LogP contribution in [0.5, 0.6) is 0 Å². The molecule has 8 nitrogen and oxygen atoms in total. The van der Waals surface area contributed by atoms with Crippen molar-refractivity contribution in [2.45, 2.75) is 13.3 Å². The zero-order chi connectivity index (χ0) is 21.3. The summed E-state index contributed by atoms with van der Waals surface area (Å²) in [6.45, 7) is 1.84. The van der Waals surface area contributed by atoms with Gasteiger partial charge < -0.3 is 9.73 Å². The van der Waals surface area contributed by atoms with Crippen molar-refractivity contribution in [1.82, 2.24) is 19.7 Å². The minimum absolute atomic E-state index is 0.0812. The van der Waals surface area contributed by atoms with E-state index in [0.29, 0.717) is 23.6 Å². The first-order valence-electron chi connectivity index (χ1n) is 8.95. The number of rotatable bonds is 5. The second-order valence-corrected chi connectivity index (χ2v) is 6.30. The van der Waals surface area contributed by atoms with Crippen LogP contribution in [0.15, 0.2) is 57.9 Å². The molecule has 0 unspecified atom stereocenters. The monoisotopic (exact) mass is 411 g/mol. The highest BCUT2D eigenvalue weighted by Gasteiger charge is 2.18. The Kier molecular flexibility index (Phi) is 4.97. The van der Waals surface area contributed by atoms with Gasteiger partial charge in [-0.05, 0) is 36.8 Å². The first-order valence-corrected chi connectivity index (χ1v) is 8.95. The molecule has 0 saturated carbocycles. The van der Waals surface area contributed by atoms with E-state index in [1.165, 1.54) is 23.1 Å². The average molecular weight is 411 g/mol. The van der Waals surface area contributed by atoms with Gasteiger partial charge in [-0.25, -0.2) is 13.8 Å². The second kappa shape index (κ2) is 7.74. The van der Waals surface area contributed by atoms with Gasteiger partial charge in [-0.3, -0.25) is 14.6 Å². The standard InChI is InChI=1S/C20H15F2N5O3/c1-2-12-9-18(28)25-20(23-12)27-17(10-15(26-27)16-4-3-7-30-16)24-19(29)11-5-6-13(21)14(22)8-11/h3-10H,2H2,1H3,(H,24,29)(H,23,25,28). The van der Waals surface area contributed by atoms with Gasteiger partial charge in [-0.1, -0.05) is 6.92 Å². The number of furan rings is 1. The van der Waals surface area contributed by atoms with Crippen LogP contribution in [-0.2, 0) is 6.42 Å². The maximum atomic E-state index is 13.5. The molecule has 152 valence electrons. The summed E-state index contributed by atoms with van der Waals surface area (Å²) in [5.41, 5.74) is 0.418. The molecule has 0 aliphatic carbocycles. The molecule has 0 bridgehead atoms. The van der Waals surface area contributed by atoms with Gasteiger partial charge in [0.2, 0.25) is 5.95 Å². The van der Waals surface area contributed by atoms with Crippen molar-refractivity contribution in [3.63, 3.8) is 0 Å². The van der Waals surface area contributed by atoms with Gasteiger partial charge in [0.1, 0.15) is 11.5 Å². The van der Waals surface area contributed by atoms with Crippen LogP contribution in [0.3, 0.4) is 0 Å². The maximum absolute atomic E-state index is 13.5. The summed E-state index contributed by atoms with van der Waals surface area (Å²) < 4.78 is 33.2. The minimum Gasteiger partial charge on any atom is -0.463 e. The third-order valence-corrected chi connectivity index (χ3v) is 4.25. The number of benzene rings is 1. The zero-order valence-corrected chi connectivity index (χ0v) is 15.6. The summed E-state index contributed by atoms with van der Waals surface area (Å²) in [6, 6.07) is 9.02. The van der Waals surface area contributed by atoms with Crippen LogP contribution in [0.4, 0.5) is 14.6 Å². The second-order valence-electron chi connectivity index (χ2n) is 6.30. The molecule has 10 heteroatoms. The van der Waals surface area contributed by atoms with Gasteiger partial charge in [-0.15, -0.1) is 0 Å². The fourth-order valence-electron chi connectivity index (χ4n) is 2.78. The van der Waals surface area contributed by atoms with E-state index in [-0.39, 0.29) is 22.9 Å². The average Bonchev–Trinajstić information content (AvgIpc) is 3.39. The van der Waals surface area contributed by atoms with Crippen molar-refractivity contribution in [3.8, 4) is 17.4 Å². The van der Waals surface area contributed by atoms with Crippen molar-refractivity contribution in [3.05, 3.63) is 82.0 Å². The van der Waals surface area contributed by atoms with Gasteiger partial charge in [0.25, 0.3) is 11.5 Å². The Hall–Kier alpha value is -4.08. The summed E-state index contributed by atoms with van der Waals surface area (Å²) in [5.74, 6) is -2.25. The number of amides is 1. The molecule has 1 amide bonds. The number of nitrogens with zero attached hydrogens (tertiary/aromatic N) is 3. The highest BCUT2D eigenvalue weighted by atomic mass is 19.2. The Morgan fingerprint density at radius 1 is 1.20 bits per heavy atom. The molecule has 4 aromatic rings. The number of anilines is 1. The molecular weight excluding hydrogens is 396 g/mol. The highest BCUT2D eigenvalue weighted by molar-refractivity contribution is 6.04. The molecule has 0 aliphatic heterocycles. The predicted molar refractivity (Wildman–Crippen MR) is 103 cm³/mol. The van der Waals surface area contributed by atoms with Crippen LogP contribution in [-0.4, -0.2) is 25.7 Å². The van der Waals surface area contributed by atoms with Gasteiger partial charge in [0, 0.05) is 23.4 Å². The molecule has 0 radical (unpaired) electrons. The zero-order valence-electron chi connectivity index (χ0n) is 15.6. The Labute approximate surface area is 168 Å². The molecule has 3 heterocycles. The van der Waals surface area contributed by atoms with Gasteiger partial charge in [0.05, 0.1) is 6.26 Å².